The summed E-state index contributed by atoms with van der Waals surface area (Å²) in [6, 6.07) is 36.4. The van der Waals surface area contributed by atoms with Gasteiger partial charge in [0.15, 0.2) is 0 Å². The zero-order valence-electron chi connectivity index (χ0n) is 41.5. The summed E-state index contributed by atoms with van der Waals surface area (Å²) in [5.41, 5.74) is 10.6. The number of nitrogens with zero attached hydrogens (tertiary/aromatic N) is 1. The molecule has 1 aliphatic heterocycles. The van der Waals surface area contributed by atoms with Gasteiger partial charge in [0.05, 0.1) is 102 Å². The van der Waals surface area contributed by atoms with Crippen molar-refractivity contribution in [2.75, 3.05) is 85.1 Å². The first-order chi connectivity index (χ1) is 33.9. The molecule has 4 aromatic carbocycles. The Labute approximate surface area is 406 Å². The average molecular weight is 945 g/mol. The largest absolute Gasteiger partial charge is 0.496 e. The SMILES string of the molecule is COc1cc(OC)c(C2=c3ccc([nH]3)=C(c3ccc([N+](C)(C)C)cc3)c3ccc([nH]3)C(c3c(OC)cc(OC)cc3OC)=c3ccc([nH]3)=C(c3c(OC)cc(OC)cc3OC)c3ccc2[nH]3)c(OC)c1. The van der Waals surface area contributed by atoms with Crippen LogP contribution in [0.3, 0.4) is 0 Å². The van der Waals surface area contributed by atoms with Crippen molar-refractivity contribution in [3.8, 4) is 51.7 Å². The highest BCUT2D eigenvalue weighted by Gasteiger charge is 2.27. The van der Waals surface area contributed by atoms with Crippen molar-refractivity contribution < 1.29 is 42.6 Å². The zero-order chi connectivity index (χ0) is 49.4. The number of H-pyrrole nitrogens is 4. The van der Waals surface area contributed by atoms with E-state index in [1.807, 2.05) is 60.7 Å². The van der Waals surface area contributed by atoms with Crippen LogP contribution < -0.4 is 68.5 Å². The topological polar surface area (TPSA) is 146 Å². The lowest BCUT2D eigenvalue weighted by Crippen LogP contribution is -2.34. The van der Waals surface area contributed by atoms with E-state index in [1.54, 1.807) is 64.0 Å². The Balaban J connectivity index is 1.50. The normalized spacial score (nSPS) is 12.5. The summed E-state index contributed by atoms with van der Waals surface area (Å²) in [7, 11) is 21.1. The molecule has 4 aromatic heterocycles. The minimum atomic E-state index is 0.527. The van der Waals surface area contributed by atoms with Gasteiger partial charge >= 0.3 is 0 Å². The van der Waals surface area contributed by atoms with Crippen LogP contribution in [0.25, 0.3) is 22.3 Å². The van der Waals surface area contributed by atoms with Crippen molar-refractivity contribution in [2.45, 2.75) is 0 Å². The average Bonchev–Trinajstić information content (AvgIpc) is 4.24. The third-order valence-electron chi connectivity index (χ3n) is 12.7. The van der Waals surface area contributed by atoms with Crippen molar-refractivity contribution in [3.05, 3.63) is 176 Å². The minimum absolute atomic E-state index is 0.527. The van der Waals surface area contributed by atoms with E-state index in [2.05, 4.69) is 89.6 Å². The number of fused-ring (bicyclic) bond motifs is 8. The van der Waals surface area contributed by atoms with Gasteiger partial charge in [-0.05, 0) is 78.4 Å². The van der Waals surface area contributed by atoms with E-state index in [1.165, 1.54) is 0 Å². The molecular formula is C56H58N5O9+. The van der Waals surface area contributed by atoms with Crippen LogP contribution in [-0.4, -0.2) is 105 Å². The standard InChI is InChI=1S/C56H58N5O9/c1-61(2,3)32-15-13-31(14-16-32)50-36-17-19-38(57-36)51(54-44(65-7)25-33(62-4)26-45(54)66-8)40-21-23-42(59-40)53(56-48(69-11)29-35(64-6)30-49(56)70-12)43-24-22-41(60-43)52(39-20-18-37(50)58-39)55-46(67-9)27-34(63-5)28-47(55)68-10/h13-30,57-60H,1-12H3/q+1. The predicted molar refractivity (Wildman–Crippen MR) is 272 cm³/mol. The highest BCUT2D eigenvalue weighted by molar-refractivity contribution is 5.90. The van der Waals surface area contributed by atoms with Crippen molar-refractivity contribution in [1.29, 1.82) is 0 Å². The Morgan fingerprint density at radius 2 is 0.571 bits per heavy atom. The molecule has 8 aromatic rings. The first-order valence-corrected chi connectivity index (χ1v) is 22.5. The maximum absolute atomic E-state index is 6.15. The molecule has 0 unspecified atom stereocenters. The van der Waals surface area contributed by atoms with E-state index in [4.69, 9.17) is 42.6 Å². The van der Waals surface area contributed by atoms with E-state index in [9.17, 15) is 0 Å². The molecule has 14 heteroatoms. The highest BCUT2D eigenvalue weighted by atomic mass is 16.5. The van der Waals surface area contributed by atoms with Crippen LogP contribution in [0.2, 0.25) is 0 Å². The molecule has 70 heavy (non-hydrogen) atoms. The molecule has 0 spiro atoms. The van der Waals surface area contributed by atoms with Gasteiger partial charge < -0.3 is 62.6 Å². The lowest BCUT2D eigenvalue weighted by molar-refractivity contribution is 0.373. The van der Waals surface area contributed by atoms with Crippen molar-refractivity contribution in [2.24, 2.45) is 0 Å². The maximum Gasteiger partial charge on any atom is 0.134 e. The molecule has 360 valence electrons. The fraction of sp³-hybridized carbons (Fsp3) is 0.214. The van der Waals surface area contributed by atoms with E-state index in [0.29, 0.717) is 72.9 Å². The Morgan fingerprint density at radius 1 is 0.300 bits per heavy atom. The Kier molecular flexibility index (Phi) is 12.7. The van der Waals surface area contributed by atoms with Crippen molar-refractivity contribution >= 4 is 28.0 Å². The molecule has 0 amide bonds. The first kappa shape index (κ1) is 46.7. The fourth-order valence-corrected chi connectivity index (χ4v) is 9.28. The van der Waals surface area contributed by atoms with Crippen LogP contribution in [0.1, 0.15) is 45.0 Å². The van der Waals surface area contributed by atoms with Gasteiger partial charge in [-0.15, -0.1) is 0 Å². The summed E-state index contributed by atoms with van der Waals surface area (Å²) in [4.78, 5) is 15.4. The smallest absolute Gasteiger partial charge is 0.134 e. The number of quaternary nitrogens is 1. The number of ether oxygens (including phenoxy) is 9. The summed E-state index contributed by atoms with van der Waals surface area (Å²) in [6.07, 6.45) is 0. The second-order valence-corrected chi connectivity index (χ2v) is 17.4. The van der Waals surface area contributed by atoms with E-state index in [0.717, 1.165) is 77.7 Å². The number of aromatic amines is 4. The lowest BCUT2D eigenvalue weighted by atomic mass is 9.99. The van der Waals surface area contributed by atoms with Gasteiger partial charge in [0.25, 0.3) is 0 Å². The molecule has 8 bridgehead atoms. The number of aromatic nitrogens is 4. The van der Waals surface area contributed by atoms with Crippen LogP contribution >= 0.6 is 0 Å². The fourth-order valence-electron chi connectivity index (χ4n) is 9.28. The van der Waals surface area contributed by atoms with Gasteiger partial charge in [0, 0.05) is 103 Å². The van der Waals surface area contributed by atoms with Gasteiger partial charge in [-0.1, -0.05) is 0 Å². The molecule has 1 aliphatic rings. The summed E-state index contributed by atoms with van der Waals surface area (Å²) >= 11 is 0. The number of nitrogens with one attached hydrogen (secondary N) is 4. The number of hydrogen-bond donors (Lipinski definition) is 4. The molecule has 0 saturated carbocycles. The van der Waals surface area contributed by atoms with E-state index in [-0.39, 0.29) is 0 Å². The molecule has 0 saturated heterocycles. The zero-order valence-corrected chi connectivity index (χ0v) is 41.5. The third kappa shape index (κ3) is 8.25. The molecular weight excluding hydrogens is 887 g/mol. The third-order valence-corrected chi connectivity index (χ3v) is 12.7. The van der Waals surface area contributed by atoms with Crippen molar-refractivity contribution in [1.82, 2.24) is 24.4 Å². The molecule has 0 radical (unpaired) electrons. The van der Waals surface area contributed by atoms with Gasteiger partial charge in [0.2, 0.25) is 0 Å². The highest BCUT2D eigenvalue weighted by Crippen LogP contribution is 2.44. The van der Waals surface area contributed by atoms with Crippen molar-refractivity contribution in [3.63, 3.8) is 0 Å². The van der Waals surface area contributed by atoms with Crippen LogP contribution in [-0.2, 0) is 0 Å². The molecule has 0 aliphatic carbocycles. The molecule has 5 heterocycles. The van der Waals surface area contributed by atoms with Gasteiger partial charge in [-0.3, -0.25) is 4.48 Å². The molecule has 4 N–H and O–H groups in total. The summed E-state index contributed by atoms with van der Waals surface area (Å²) in [6.45, 7) is 0. The first-order valence-electron chi connectivity index (χ1n) is 22.5. The Morgan fingerprint density at radius 3 is 0.829 bits per heavy atom. The minimum Gasteiger partial charge on any atom is -0.496 e. The number of hydrogen-bond acceptors (Lipinski definition) is 9. The van der Waals surface area contributed by atoms with E-state index >= 15 is 0 Å². The predicted octanol–water partition coefficient (Wildman–Crippen LogP) is 6.58. The summed E-state index contributed by atoms with van der Waals surface area (Å²) in [5, 5.41) is 3.13. The van der Waals surface area contributed by atoms with E-state index < -0.39 is 0 Å². The number of benzene rings is 4. The maximum atomic E-state index is 6.15. The second kappa shape index (κ2) is 19.0. The second-order valence-electron chi connectivity index (χ2n) is 17.4. The van der Waals surface area contributed by atoms with Crippen LogP contribution in [0.5, 0.6) is 51.7 Å². The molecule has 14 nitrogen and oxygen atoms in total. The van der Waals surface area contributed by atoms with Crippen LogP contribution in [0, 0.1) is 0 Å². The summed E-state index contributed by atoms with van der Waals surface area (Å²) < 4.78 is 54.7. The van der Waals surface area contributed by atoms with Gasteiger partial charge in [0.1, 0.15) is 57.4 Å². The number of rotatable bonds is 14. The monoisotopic (exact) mass is 944 g/mol. The quantitative estimate of drug-likeness (QED) is 0.0890. The molecule has 9 rings (SSSR count). The Bertz CT molecular complexity index is 3440. The van der Waals surface area contributed by atoms with Crippen LogP contribution in [0.15, 0.2) is 109 Å². The molecule has 0 fully saturated rings. The van der Waals surface area contributed by atoms with Crippen LogP contribution in [0.4, 0.5) is 5.69 Å². The Hall–Kier alpha value is -8.36. The van der Waals surface area contributed by atoms with Gasteiger partial charge in [-0.25, -0.2) is 0 Å². The lowest BCUT2D eigenvalue weighted by Gasteiger charge is -2.23. The summed E-state index contributed by atoms with van der Waals surface area (Å²) in [5.74, 6) is 4.98. The van der Waals surface area contributed by atoms with Gasteiger partial charge in [-0.2, -0.15) is 0 Å². The molecule has 0 atom stereocenters. The number of methoxy groups -OCH3 is 9.